The highest BCUT2D eigenvalue weighted by Gasteiger charge is 2.23. The Morgan fingerprint density at radius 2 is 1.90 bits per heavy atom. The molecular formula is C16H11BrO3. The number of fused-ring (bicyclic) bond motifs is 1. The van der Waals surface area contributed by atoms with Gasteiger partial charge < -0.3 is 9.84 Å². The Labute approximate surface area is 124 Å². The Balaban J connectivity index is 1.97. The molecule has 0 saturated carbocycles. The number of ether oxygens (including phenoxy) is 1. The monoisotopic (exact) mass is 330 g/mol. The van der Waals surface area contributed by atoms with E-state index in [1.165, 1.54) is 12.1 Å². The number of phenolic OH excluding ortho intramolecular Hbond substituents is 1. The van der Waals surface area contributed by atoms with Crippen molar-refractivity contribution in [2.24, 2.45) is 0 Å². The van der Waals surface area contributed by atoms with Gasteiger partial charge in [-0.15, -0.1) is 0 Å². The zero-order chi connectivity index (χ0) is 14.1. The number of aromatic hydroxyl groups is 1. The smallest absolute Gasteiger partial charge is 0.196 e. The first-order valence-electron chi connectivity index (χ1n) is 6.10. The molecule has 0 atom stereocenters. The van der Waals surface area contributed by atoms with Crippen LogP contribution in [0.1, 0.15) is 15.9 Å². The van der Waals surface area contributed by atoms with E-state index in [1.54, 1.807) is 6.07 Å². The van der Waals surface area contributed by atoms with Crippen molar-refractivity contribution in [1.82, 2.24) is 0 Å². The highest BCUT2D eigenvalue weighted by Crippen LogP contribution is 2.30. The molecule has 0 amide bonds. The first kappa shape index (κ1) is 12.9. The number of carbonyl (C=O) groups is 1. The van der Waals surface area contributed by atoms with Gasteiger partial charge in [-0.2, -0.15) is 0 Å². The summed E-state index contributed by atoms with van der Waals surface area (Å²) in [6.45, 7) is 0.243. The first-order valence-corrected chi connectivity index (χ1v) is 6.89. The molecule has 100 valence electrons. The first-order chi connectivity index (χ1) is 9.63. The Hall–Kier alpha value is -2.07. The summed E-state index contributed by atoms with van der Waals surface area (Å²) in [6.07, 6.45) is 1.81. The number of benzene rings is 2. The van der Waals surface area contributed by atoms with E-state index in [4.69, 9.17) is 4.74 Å². The predicted octanol–water partition coefficient (Wildman–Crippen LogP) is 3.81. The topological polar surface area (TPSA) is 46.5 Å². The second-order valence-electron chi connectivity index (χ2n) is 4.52. The molecule has 1 heterocycles. The average Bonchev–Trinajstić information content (AvgIpc) is 2.45. The fourth-order valence-corrected chi connectivity index (χ4v) is 2.35. The number of Topliss-reactive ketones (excluding diaryl/α,β-unsaturated/α-hetero) is 1. The molecule has 1 N–H and O–H groups in total. The standard InChI is InChI=1S/C16H11BrO3/c17-12-3-1-10(2-4-12)7-11-9-20-15-6-5-13(18)8-14(15)16(11)19/h1-8,18H,9H2/b11-7+. The zero-order valence-electron chi connectivity index (χ0n) is 10.5. The maximum absolute atomic E-state index is 12.4. The number of phenols is 1. The maximum atomic E-state index is 12.4. The summed E-state index contributed by atoms with van der Waals surface area (Å²) in [4.78, 5) is 12.4. The minimum Gasteiger partial charge on any atom is -0.508 e. The lowest BCUT2D eigenvalue weighted by molar-refractivity contribution is 0.100. The zero-order valence-corrected chi connectivity index (χ0v) is 12.1. The van der Waals surface area contributed by atoms with Crippen molar-refractivity contribution >= 4 is 27.8 Å². The molecule has 0 bridgehead atoms. The van der Waals surface area contributed by atoms with E-state index in [1.807, 2.05) is 30.3 Å². The molecule has 2 aromatic carbocycles. The second-order valence-corrected chi connectivity index (χ2v) is 5.44. The molecule has 0 saturated heterocycles. The van der Waals surface area contributed by atoms with Gasteiger partial charge >= 0.3 is 0 Å². The van der Waals surface area contributed by atoms with Gasteiger partial charge in [-0.05, 0) is 42.0 Å². The van der Waals surface area contributed by atoms with E-state index in [0.29, 0.717) is 16.9 Å². The van der Waals surface area contributed by atoms with E-state index in [-0.39, 0.29) is 18.1 Å². The molecule has 0 aromatic heterocycles. The highest BCUT2D eigenvalue weighted by atomic mass is 79.9. The van der Waals surface area contributed by atoms with Crippen LogP contribution in [-0.4, -0.2) is 17.5 Å². The molecule has 1 aliphatic rings. The third kappa shape index (κ3) is 2.47. The van der Waals surface area contributed by atoms with Gasteiger partial charge in [0.25, 0.3) is 0 Å². The normalized spacial score (nSPS) is 15.8. The Morgan fingerprint density at radius 1 is 1.15 bits per heavy atom. The molecule has 3 nitrogen and oxygen atoms in total. The summed E-state index contributed by atoms with van der Waals surface area (Å²) >= 11 is 3.37. The van der Waals surface area contributed by atoms with Crippen molar-refractivity contribution in [3.8, 4) is 11.5 Å². The van der Waals surface area contributed by atoms with Gasteiger partial charge in [0.1, 0.15) is 18.1 Å². The fourth-order valence-electron chi connectivity index (χ4n) is 2.08. The van der Waals surface area contributed by atoms with E-state index in [0.717, 1.165) is 10.0 Å². The lowest BCUT2D eigenvalue weighted by Crippen LogP contribution is -2.18. The Kier molecular flexibility index (Phi) is 3.32. The molecular weight excluding hydrogens is 320 g/mol. The summed E-state index contributed by atoms with van der Waals surface area (Å²) < 4.78 is 6.54. The minimum absolute atomic E-state index is 0.0607. The van der Waals surface area contributed by atoms with Gasteiger partial charge in [-0.25, -0.2) is 0 Å². The molecule has 1 aliphatic heterocycles. The van der Waals surface area contributed by atoms with Gasteiger partial charge in [0.2, 0.25) is 0 Å². The van der Waals surface area contributed by atoms with Crippen molar-refractivity contribution in [1.29, 1.82) is 0 Å². The molecule has 3 rings (SSSR count). The second kappa shape index (κ2) is 5.13. The van der Waals surface area contributed by atoms with E-state index in [2.05, 4.69) is 15.9 Å². The van der Waals surface area contributed by atoms with Crippen LogP contribution in [0.3, 0.4) is 0 Å². The number of carbonyl (C=O) groups excluding carboxylic acids is 1. The SMILES string of the molecule is O=C1/C(=C/c2ccc(Br)cc2)COc2ccc(O)cc21. The van der Waals surface area contributed by atoms with Gasteiger partial charge in [0.05, 0.1) is 5.56 Å². The largest absolute Gasteiger partial charge is 0.508 e. The van der Waals surface area contributed by atoms with Crippen molar-refractivity contribution in [3.05, 3.63) is 63.6 Å². The third-order valence-electron chi connectivity index (χ3n) is 3.09. The fraction of sp³-hybridized carbons (Fsp3) is 0.0625. The van der Waals surface area contributed by atoms with Crippen LogP contribution < -0.4 is 4.74 Å². The lowest BCUT2D eigenvalue weighted by atomic mass is 9.98. The maximum Gasteiger partial charge on any atom is 0.196 e. The van der Waals surface area contributed by atoms with Gasteiger partial charge in [0, 0.05) is 10.0 Å². The van der Waals surface area contributed by atoms with Crippen molar-refractivity contribution in [3.63, 3.8) is 0 Å². The van der Waals surface area contributed by atoms with Crippen molar-refractivity contribution < 1.29 is 14.6 Å². The van der Waals surface area contributed by atoms with Crippen LogP contribution in [0.25, 0.3) is 6.08 Å². The number of hydrogen-bond donors (Lipinski definition) is 1. The minimum atomic E-state index is -0.106. The number of rotatable bonds is 1. The highest BCUT2D eigenvalue weighted by molar-refractivity contribution is 9.10. The molecule has 2 aromatic rings. The Morgan fingerprint density at radius 3 is 2.65 bits per heavy atom. The third-order valence-corrected chi connectivity index (χ3v) is 3.62. The molecule has 0 spiro atoms. The number of hydrogen-bond acceptors (Lipinski definition) is 3. The van der Waals surface area contributed by atoms with Gasteiger partial charge in [-0.1, -0.05) is 28.1 Å². The van der Waals surface area contributed by atoms with E-state index >= 15 is 0 Å². The summed E-state index contributed by atoms with van der Waals surface area (Å²) in [5.74, 6) is 0.469. The summed E-state index contributed by atoms with van der Waals surface area (Å²) in [5.41, 5.74) is 1.91. The molecule has 4 heteroatoms. The van der Waals surface area contributed by atoms with Crippen LogP contribution >= 0.6 is 15.9 Å². The van der Waals surface area contributed by atoms with Crippen molar-refractivity contribution in [2.45, 2.75) is 0 Å². The predicted molar refractivity (Wildman–Crippen MR) is 80.1 cm³/mol. The lowest BCUT2D eigenvalue weighted by Gasteiger charge is -2.18. The average molecular weight is 331 g/mol. The summed E-state index contributed by atoms with van der Waals surface area (Å²) in [6, 6.07) is 12.2. The number of halogens is 1. The van der Waals surface area contributed by atoms with Crippen molar-refractivity contribution in [2.75, 3.05) is 6.61 Å². The summed E-state index contributed by atoms with van der Waals surface area (Å²) in [5, 5.41) is 9.48. The van der Waals surface area contributed by atoms with Crippen LogP contribution in [0.4, 0.5) is 0 Å². The molecule has 20 heavy (non-hydrogen) atoms. The van der Waals surface area contributed by atoms with Crippen LogP contribution in [0.2, 0.25) is 0 Å². The van der Waals surface area contributed by atoms with Crippen LogP contribution in [-0.2, 0) is 0 Å². The molecule has 0 radical (unpaired) electrons. The Bertz CT molecular complexity index is 702. The van der Waals surface area contributed by atoms with Gasteiger partial charge in [-0.3, -0.25) is 4.79 Å². The molecule has 0 aliphatic carbocycles. The van der Waals surface area contributed by atoms with Crippen LogP contribution in [0, 0.1) is 0 Å². The van der Waals surface area contributed by atoms with E-state index in [9.17, 15) is 9.90 Å². The number of ketones is 1. The van der Waals surface area contributed by atoms with Crippen LogP contribution in [0.15, 0.2) is 52.5 Å². The quantitative estimate of drug-likeness (QED) is 0.808. The van der Waals surface area contributed by atoms with Crippen LogP contribution in [0.5, 0.6) is 11.5 Å². The van der Waals surface area contributed by atoms with E-state index < -0.39 is 0 Å². The molecule has 0 unspecified atom stereocenters. The summed E-state index contributed by atoms with van der Waals surface area (Å²) in [7, 11) is 0. The van der Waals surface area contributed by atoms with Gasteiger partial charge in [0.15, 0.2) is 5.78 Å². The molecule has 0 fully saturated rings.